The molecule has 0 saturated carbocycles. The highest BCUT2D eigenvalue weighted by molar-refractivity contribution is 9.10. The van der Waals surface area contributed by atoms with Gasteiger partial charge in [0.05, 0.1) is 5.56 Å². The maximum absolute atomic E-state index is 5.66. The van der Waals surface area contributed by atoms with E-state index >= 15 is 0 Å². The number of rotatable bonds is 5. The van der Waals surface area contributed by atoms with Crippen LogP contribution in [0.4, 0.5) is 0 Å². The second kappa shape index (κ2) is 6.11. The molecular formula is C13H16BrN3O. The van der Waals surface area contributed by atoms with Gasteiger partial charge in [0.15, 0.2) is 0 Å². The third-order valence-corrected chi connectivity index (χ3v) is 3.28. The third kappa shape index (κ3) is 3.17. The minimum Gasteiger partial charge on any atom is -0.421 e. The van der Waals surface area contributed by atoms with Crippen LogP contribution in [-0.4, -0.2) is 23.3 Å². The first kappa shape index (κ1) is 13.2. The molecule has 2 aromatic rings. The van der Waals surface area contributed by atoms with Crippen molar-refractivity contribution in [3.8, 4) is 11.5 Å². The summed E-state index contributed by atoms with van der Waals surface area (Å²) in [5.74, 6) is 1.23. The van der Waals surface area contributed by atoms with Crippen LogP contribution in [0.1, 0.15) is 18.4 Å². The molecule has 0 spiro atoms. The fraction of sp³-hybridized carbons (Fsp3) is 0.385. The number of benzene rings is 1. The van der Waals surface area contributed by atoms with Crippen LogP contribution in [0.5, 0.6) is 0 Å². The number of likely N-dealkylation sites (N-methyl/N-ethyl adjacent to an activating group) is 1. The Morgan fingerprint density at radius 3 is 2.94 bits per heavy atom. The van der Waals surface area contributed by atoms with E-state index in [2.05, 4.69) is 38.4 Å². The van der Waals surface area contributed by atoms with Crippen molar-refractivity contribution in [3.05, 3.63) is 34.1 Å². The average Bonchev–Trinajstić information content (AvgIpc) is 2.81. The standard InChI is InChI=1S/C13H16BrN3O/c1-3-15-7-6-12-16-17-13(18-12)10-8-9(2)4-5-11(10)14/h4-5,8,15H,3,6-7H2,1-2H3. The monoisotopic (exact) mass is 309 g/mol. The lowest BCUT2D eigenvalue weighted by Crippen LogP contribution is -2.16. The molecule has 1 N–H and O–H groups in total. The zero-order chi connectivity index (χ0) is 13.0. The molecule has 18 heavy (non-hydrogen) atoms. The number of nitrogens with zero attached hydrogens (tertiary/aromatic N) is 2. The number of aryl methyl sites for hydroxylation is 1. The Labute approximate surface area is 115 Å². The van der Waals surface area contributed by atoms with Gasteiger partial charge in [0.25, 0.3) is 0 Å². The van der Waals surface area contributed by atoms with Gasteiger partial charge in [0, 0.05) is 17.4 Å². The highest BCUT2D eigenvalue weighted by atomic mass is 79.9. The fourth-order valence-electron chi connectivity index (χ4n) is 1.64. The number of aromatic nitrogens is 2. The molecule has 0 atom stereocenters. The van der Waals surface area contributed by atoms with Gasteiger partial charge in [0.2, 0.25) is 11.8 Å². The van der Waals surface area contributed by atoms with Gasteiger partial charge in [-0.1, -0.05) is 18.6 Å². The number of halogens is 1. The molecule has 0 saturated heterocycles. The SMILES string of the molecule is CCNCCc1nnc(-c2cc(C)ccc2Br)o1. The zero-order valence-electron chi connectivity index (χ0n) is 10.5. The molecule has 0 aliphatic carbocycles. The molecule has 0 unspecified atom stereocenters. The summed E-state index contributed by atoms with van der Waals surface area (Å²) in [5, 5.41) is 11.4. The molecule has 1 heterocycles. The van der Waals surface area contributed by atoms with Gasteiger partial charge in [-0.2, -0.15) is 0 Å². The van der Waals surface area contributed by atoms with Crippen LogP contribution < -0.4 is 5.32 Å². The molecular weight excluding hydrogens is 294 g/mol. The second-order valence-electron chi connectivity index (χ2n) is 4.09. The average molecular weight is 310 g/mol. The summed E-state index contributed by atoms with van der Waals surface area (Å²) in [4.78, 5) is 0. The van der Waals surface area contributed by atoms with E-state index in [-0.39, 0.29) is 0 Å². The van der Waals surface area contributed by atoms with Crippen molar-refractivity contribution in [2.24, 2.45) is 0 Å². The Morgan fingerprint density at radius 2 is 2.17 bits per heavy atom. The third-order valence-electron chi connectivity index (χ3n) is 2.58. The lowest BCUT2D eigenvalue weighted by atomic mass is 10.1. The highest BCUT2D eigenvalue weighted by Crippen LogP contribution is 2.28. The first-order chi connectivity index (χ1) is 8.70. The normalized spacial score (nSPS) is 10.8. The Morgan fingerprint density at radius 1 is 1.33 bits per heavy atom. The van der Waals surface area contributed by atoms with Gasteiger partial charge in [0.1, 0.15) is 0 Å². The van der Waals surface area contributed by atoms with Gasteiger partial charge in [-0.05, 0) is 41.5 Å². The summed E-state index contributed by atoms with van der Waals surface area (Å²) in [6.45, 7) is 5.92. The Kier molecular flexibility index (Phi) is 4.49. The van der Waals surface area contributed by atoms with Crippen LogP contribution in [-0.2, 0) is 6.42 Å². The van der Waals surface area contributed by atoms with Crippen molar-refractivity contribution in [2.75, 3.05) is 13.1 Å². The molecule has 0 radical (unpaired) electrons. The van der Waals surface area contributed by atoms with Crippen molar-refractivity contribution in [1.82, 2.24) is 15.5 Å². The highest BCUT2D eigenvalue weighted by Gasteiger charge is 2.11. The van der Waals surface area contributed by atoms with Crippen molar-refractivity contribution in [3.63, 3.8) is 0 Å². The van der Waals surface area contributed by atoms with E-state index < -0.39 is 0 Å². The predicted molar refractivity (Wildman–Crippen MR) is 74.4 cm³/mol. The van der Waals surface area contributed by atoms with Crippen LogP contribution in [0.2, 0.25) is 0 Å². The molecule has 0 fully saturated rings. The van der Waals surface area contributed by atoms with Crippen LogP contribution >= 0.6 is 15.9 Å². The maximum atomic E-state index is 5.66. The van der Waals surface area contributed by atoms with Gasteiger partial charge in [-0.3, -0.25) is 0 Å². The van der Waals surface area contributed by atoms with E-state index in [1.807, 2.05) is 25.1 Å². The maximum Gasteiger partial charge on any atom is 0.248 e. The van der Waals surface area contributed by atoms with Crippen molar-refractivity contribution in [1.29, 1.82) is 0 Å². The quantitative estimate of drug-likeness (QED) is 0.863. The van der Waals surface area contributed by atoms with E-state index in [0.29, 0.717) is 11.8 Å². The minimum absolute atomic E-state index is 0.567. The van der Waals surface area contributed by atoms with Crippen molar-refractivity contribution in [2.45, 2.75) is 20.3 Å². The van der Waals surface area contributed by atoms with Crippen LogP contribution in [0.25, 0.3) is 11.5 Å². The van der Waals surface area contributed by atoms with E-state index in [4.69, 9.17) is 4.42 Å². The van der Waals surface area contributed by atoms with Gasteiger partial charge < -0.3 is 9.73 Å². The summed E-state index contributed by atoms with van der Waals surface area (Å²) < 4.78 is 6.63. The summed E-state index contributed by atoms with van der Waals surface area (Å²) in [6.07, 6.45) is 0.754. The minimum atomic E-state index is 0.567. The summed E-state index contributed by atoms with van der Waals surface area (Å²) in [6, 6.07) is 6.06. The predicted octanol–water partition coefficient (Wildman–Crippen LogP) is 2.96. The molecule has 1 aromatic carbocycles. The Bertz CT molecular complexity index is 525. The molecule has 0 aliphatic rings. The fourth-order valence-corrected chi connectivity index (χ4v) is 2.05. The Balaban J connectivity index is 2.16. The summed E-state index contributed by atoms with van der Waals surface area (Å²) in [5.41, 5.74) is 2.11. The van der Waals surface area contributed by atoms with E-state index in [0.717, 1.165) is 29.5 Å². The number of hydrogen-bond acceptors (Lipinski definition) is 4. The van der Waals surface area contributed by atoms with Crippen LogP contribution in [0.15, 0.2) is 27.1 Å². The first-order valence-corrected chi connectivity index (χ1v) is 6.79. The van der Waals surface area contributed by atoms with Gasteiger partial charge >= 0.3 is 0 Å². The topological polar surface area (TPSA) is 51.0 Å². The molecule has 96 valence electrons. The van der Waals surface area contributed by atoms with E-state index in [9.17, 15) is 0 Å². The smallest absolute Gasteiger partial charge is 0.248 e. The molecule has 2 rings (SSSR count). The molecule has 1 aromatic heterocycles. The molecule has 0 amide bonds. The van der Waals surface area contributed by atoms with E-state index in [1.165, 1.54) is 5.56 Å². The lowest BCUT2D eigenvalue weighted by Gasteiger charge is -2.00. The number of nitrogens with one attached hydrogen (secondary N) is 1. The molecule has 0 aliphatic heterocycles. The first-order valence-electron chi connectivity index (χ1n) is 6.00. The number of hydrogen-bond donors (Lipinski definition) is 1. The van der Waals surface area contributed by atoms with Crippen molar-refractivity contribution >= 4 is 15.9 Å². The van der Waals surface area contributed by atoms with Crippen LogP contribution in [0, 0.1) is 6.92 Å². The molecule has 5 heteroatoms. The molecule has 4 nitrogen and oxygen atoms in total. The van der Waals surface area contributed by atoms with Gasteiger partial charge in [-0.15, -0.1) is 10.2 Å². The second-order valence-corrected chi connectivity index (χ2v) is 4.94. The zero-order valence-corrected chi connectivity index (χ0v) is 12.1. The van der Waals surface area contributed by atoms with Crippen molar-refractivity contribution < 1.29 is 4.42 Å². The summed E-state index contributed by atoms with van der Waals surface area (Å²) in [7, 11) is 0. The Hall–Kier alpha value is -1.20. The largest absolute Gasteiger partial charge is 0.421 e. The summed E-state index contributed by atoms with van der Waals surface area (Å²) >= 11 is 3.50. The van der Waals surface area contributed by atoms with Crippen LogP contribution in [0.3, 0.4) is 0 Å². The van der Waals surface area contributed by atoms with E-state index in [1.54, 1.807) is 0 Å². The lowest BCUT2D eigenvalue weighted by molar-refractivity contribution is 0.496. The van der Waals surface area contributed by atoms with Gasteiger partial charge in [-0.25, -0.2) is 0 Å². The molecule has 0 bridgehead atoms.